The number of likely N-dealkylation sites (tertiary alicyclic amines) is 1. The van der Waals surface area contributed by atoms with Gasteiger partial charge in [-0.1, -0.05) is 25.0 Å². The van der Waals surface area contributed by atoms with Crippen LogP contribution in [-0.4, -0.2) is 42.0 Å². The molecule has 26 heavy (non-hydrogen) atoms. The number of thiazole rings is 1. The maximum absolute atomic E-state index is 12.6. The summed E-state index contributed by atoms with van der Waals surface area (Å²) in [6.07, 6.45) is 6.37. The van der Waals surface area contributed by atoms with Crippen LogP contribution in [-0.2, 0) is 5.75 Å². The summed E-state index contributed by atoms with van der Waals surface area (Å²) in [5.74, 6) is 0.824. The third-order valence-electron chi connectivity index (χ3n) is 4.63. The number of amides is 1. The van der Waals surface area contributed by atoms with E-state index in [1.807, 2.05) is 29.8 Å². The largest absolute Gasteiger partial charge is 0.352 e. The van der Waals surface area contributed by atoms with Crippen molar-refractivity contribution in [1.29, 1.82) is 0 Å². The first-order chi connectivity index (χ1) is 12.8. The van der Waals surface area contributed by atoms with Gasteiger partial charge in [-0.25, -0.2) is 4.98 Å². The van der Waals surface area contributed by atoms with Gasteiger partial charge in [-0.2, -0.15) is 0 Å². The van der Waals surface area contributed by atoms with Crippen LogP contribution in [0.3, 0.4) is 0 Å². The average molecular weight is 390 g/mol. The molecule has 1 N–H and O–H groups in total. The van der Waals surface area contributed by atoms with Crippen molar-refractivity contribution in [2.45, 2.75) is 42.8 Å². The minimum absolute atomic E-state index is 0.0299. The third kappa shape index (κ3) is 6.11. The van der Waals surface area contributed by atoms with Crippen LogP contribution in [0, 0.1) is 0 Å². The van der Waals surface area contributed by atoms with Crippen LogP contribution >= 0.6 is 23.1 Å². The highest BCUT2D eigenvalue weighted by Gasteiger charge is 2.12. The lowest BCUT2D eigenvalue weighted by atomic mass is 10.2. The van der Waals surface area contributed by atoms with Crippen molar-refractivity contribution in [3.8, 4) is 0 Å². The van der Waals surface area contributed by atoms with E-state index in [2.05, 4.69) is 20.6 Å². The van der Waals surface area contributed by atoms with Gasteiger partial charge < -0.3 is 10.2 Å². The molecule has 6 heteroatoms. The van der Waals surface area contributed by atoms with Crippen molar-refractivity contribution in [2.75, 3.05) is 26.2 Å². The monoisotopic (exact) mass is 389 g/mol. The van der Waals surface area contributed by atoms with Gasteiger partial charge in [0.25, 0.3) is 5.91 Å². The Morgan fingerprint density at radius 3 is 2.77 bits per heavy atom. The number of carbonyl (C=O) groups excluding carboxylic acids is 1. The molecule has 1 aliphatic rings. The van der Waals surface area contributed by atoms with Crippen molar-refractivity contribution >= 4 is 29.0 Å². The highest BCUT2D eigenvalue weighted by atomic mass is 32.2. The number of carbonyl (C=O) groups is 1. The Morgan fingerprint density at radius 2 is 2.00 bits per heavy atom. The smallest absolute Gasteiger partial charge is 0.252 e. The van der Waals surface area contributed by atoms with E-state index in [0.29, 0.717) is 0 Å². The molecule has 1 amide bonds. The molecule has 0 radical (unpaired) electrons. The molecule has 0 aliphatic carbocycles. The topological polar surface area (TPSA) is 45.2 Å². The number of thioether (sulfide) groups is 1. The first kappa shape index (κ1) is 19.4. The first-order valence-electron chi connectivity index (χ1n) is 9.42. The minimum atomic E-state index is 0.0299. The van der Waals surface area contributed by atoms with Crippen LogP contribution in [0.1, 0.15) is 48.2 Å². The summed E-state index contributed by atoms with van der Waals surface area (Å²) in [6.45, 7) is 4.25. The first-order valence-corrected chi connectivity index (χ1v) is 11.4. The Morgan fingerprint density at radius 1 is 1.19 bits per heavy atom. The zero-order valence-corrected chi connectivity index (χ0v) is 16.8. The van der Waals surface area contributed by atoms with E-state index in [9.17, 15) is 4.79 Å². The molecule has 0 spiro atoms. The van der Waals surface area contributed by atoms with E-state index in [-0.39, 0.29) is 5.91 Å². The van der Waals surface area contributed by atoms with Crippen molar-refractivity contribution in [2.24, 2.45) is 0 Å². The number of hydrogen-bond acceptors (Lipinski definition) is 5. The zero-order chi connectivity index (χ0) is 18.0. The van der Waals surface area contributed by atoms with Crippen LogP contribution in [0.25, 0.3) is 0 Å². The molecule has 4 nitrogen and oxygen atoms in total. The Balaban J connectivity index is 1.45. The Labute approximate surface area is 164 Å². The molecule has 2 aromatic rings. The van der Waals surface area contributed by atoms with E-state index in [1.165, 1.54) is 38.8 Å². The second kappa shape index (κ2) is 10.7. The second-order valence-corrected chi connectivity index (χ2v) is 8.37. The van der Waals surface area contributed by atoms with Gasteiger partial charge in [0.15, 0.2) is 0 Å². The second-order valence-electron chi connectivity index (χ2n) is 6.63. The fourth-order valence-electron chi connectivity index (χ4n) is 3.20. The van der Waals surface area contributed by atoms with E-state index in [1.54, 1.807) is 23.1 Å². The average Bonchev–Trinajstić information content (AvgIpc) is 3.06. The van der Waals surface area contributed by atoms with Crippen molar-refractivity contribution in [1.82, 2.24) is 15.2 Å². The Hall–Kier alpha value is -1.37. The van der Waals surface area contributed by atoms with Crippen molar-refractivity contribution in [3.05, 3.63) is 46.4 Å². The lowest BCUT2D eigenvalue weighted by Gasteiger charge is -2.19. The molecular weight excluding hydrogens is 362 g/mol. The molecule has 1 aromatic carbocycles. The summed E-state index contributed by atoms with van der Waals surface area (Å²) < 4.78 is 0. The molecule has 1 aliphatic heterocycles. The predicted octanol–water partition coefficient (Wildman–Crippen LogP) is 4.43. The van der Waals surface area contributed by atoms with Gasteiger partial charge in [-0.05, 0) is 51.0 Å². The standard InChI is InChI=1S/C20H27N3OS2/c24-20(21-10-7-13-23-11-5-1-2-6-12-23)18-8-3-4-9-19(18)26-15-17-14-25-16-22-17/h3-4,8-9,14,16H,1-2,5-7,10-13,15H2,(H,21,24). The zero-order valence-electron chi connectivity index (χ0n) is 15.2. The molecule has 0 bridgehead atoms. The van der Waals surface area contributed by atoms with Gasteiger partial charge in [0.2, 0.25) is 0 Å². The maximum Gasteiger partial charge on any atom is 0.252 e. The number of hydrogen-bond donors (Lipinski definition) is 1. The van der Waals surface area contributed by atoms with Gasteiger partial charge in [0.05, 0.1) is 16.8 Å². The van der Waals surface area contributed by atoms with E-state index >= 15 is 0 Å². The van der Waals surface area contributed by atoms with E-state index in [4.69, 9.17) is 0 Å². The van der Waals surface area contributed by atoms with Gasteiger partial charge >= 0.3 is 0 Å². The highest BCUT2D eigenvalue weighted by molar-refractivity contribution is 7.98. The van der Waals surface area contributed by atoms with E-state index in [0.717, 1.165) is 41.4 Å². The van der Waals surface area contributed by atoms with Gasteiger partial charge in [0.1, 0.15) is 0 Å². The Bertz CT molecular complexity index is 667. The molecule has 1 aromatic heterocycles. The number of nitrogens with zero attached hydrogens (tertiary/aromatic N) is 2. The lowest BCUT2D eigenvalue weighted by Crippen LogP contribution is -2.30. The summed E-state index contributed by atoms with van der Waals surface area (Å²) in [5, 5.41) is 5.15. The van der Waals surface area contributed by atoms with Crippen LogP contribution in [0.4, 0.5) is 0 Å². The number of rotatable bonds is 8. The normalized spacial score (nSPS) is 15.5. The maximum atomic E-state index is 12.6. The summed E-state index contributed by atoms with van der Waals surface area (Å²) in [6, 6.07) is 7.84. The molecule has 0 unspecified atom stereocenters. The van der Waals surface area contributed by atoms with E-state index < -0.39 is 0 Å². The quantitative estimate of drug-likeness (QED) is 0.536. The molecule has 0 atom stereocenters. The van der Waals surface area contributed by atoms with Crippen LogP contribution in [0.2, 0.25) is 0 Å². The third-order valence-corrected chi connectivity index (χ3v) is 6.37. The Kier molecular flexibility index (Phi) is 7.98. The number of aromatic nitrogens is 1. The molecule has 3 rings (SSSR count). The SMILES string of the molecule is O=C(NCCCN1CCCCCC1)c1ccccc1SCc1cscn1. The van der Waals surface area contributed by atoms with Gasteiger partial charge in [-0.15, -0.1) is 23.1 Å². The van der Waals surface area contributed by atoms with Gasteiger partial charge in [0, 0.05) is 22.6 Å². The summed E-state index contributed by atoms with van der Waals surface area (Å²) in [7, 11) is 0. The molecule has 1 saturated heterocycles. The fraction of sp³-hybridized carbons (Fsp3) is 0.500. The molecule has 0 saturated carbocycles. The minimum Gasteiger partial charge on any atom is -0.352 e. The van der Waals surface area contributed by atoms with Crippen molar-refractivity contribution < 1.29 is 4.79 Å². The number of benzene rings is 1. The summed E-state index contributed by atoms with van der Waals surface area (Å²) in [5.41, 5.74) is 3.67. The van der Waals surface area contributed by atoms with Crippen LogP contribution in [0.15, 0.2) is 40.1 Å². The number of nitrogens with one attached hydrogen (secondary N) is 1. The van der Waals surface area contributed by atoms with Crippen LogP contribution in [0.5, 0.6) is 0 Å². The fourth-order valence-corrected chi connectivity index (χ4v) is 4.82. The van der Waals surface area contributed by atoms with Crippen molar-refractivity contribution in [3.63, 3.8) is 0 Å². The molecule has 2 heterocycles. The molecule has 140 valence electrons. The van der Waals surface area contributed by atoms with Gasteiger partial charge in [-0.3, -0.25) is 4.79 Å². The molecule has 1 fully saturated rings. The summed E-state index contributed by atoms with van der Waals surface area (Å²) >= 11 is 3.28. The summed E-state index contributed by atoms with van der Waals surface area (Å²) in [4.78, 5) is 20.4. The molecular formula is C20H27N3OS2. The lowest BCUT2D eigenvalue weighted by molar-refractivity contribution is 0.0948. The predicted molar refractivity (Wildman–Crippen MR) is 110 cm³/mol. The van der Waals surface area contributed by atoms with Crippen LogP contribution < -0.4 is 5.32 Å². The highest BCUT2D eigenvalue weighted by Crippen LogP contribution is 2.26.